The van der Waals surface area contributed by atoms with E-state index in [9.17, 15) is 9.59 Å². The summed E-state index contributed by atoms with van der Waals surface area (Å²) in [6.07, 6.45) is 0. The highest BCUT2D eigenvalue weighted by Gasteiger charge is 2.45. The summed E-state index contributed by atoms with van der Waals surface area (Å²) in [6.45, 7) is 8.69. The van der Waals surface area contributed by atoms with E-state index in [1.165, 1.54) is 41.7 Å². The summed E-state index contributed by atoms with van der Waals surface area (Å²) >= 11 is 0. The van der Waals surface area contributed by atoms with Gasteiger partial charge >= 0.3 is 11.9 Å². The van der Waals surface area contributed by atoms with Gasteiger partial charge in [0.05, 0.1) is 19.1 Å². The minimum Gasteiger partial charge on any atom is -0.497 e. The molecule has 0 fully saturated rings. The van der Waals surface area contributed by atoms with Crippen LogP contribution < -0.4 is 18.9 Å². The summed E-state index contributed by atoms with van der Waals surface area (Å²) in [7, 11) is 3.33. The van der Waals surface area contributed by atoms with E-state index in [0.29, 0.717) is 25.6 Å². The second-order valence-electron chi connectivity index (χ2n) is 14.4. The SMILES string of the molecule is COCCOc1ccc(C2(c3ccc(OCCOC(C)=O)cc3)c3ccccc3-c3ccccc32)cc1.COc1ccc(C(C)(C)c2ccc(OC(C)=O)cc2)cc1. The normalized spacial score (nSPS) is 12.2. The third-order valence-electron chi connectivity index (χ3n) is 10.4. The fraction of sp³-hybridized carbons (Fsp3) is 0.240. The first-order valence-corrected chi connectivity index (χ1v) is 19.3. The molecule has 0 N–H and O–H groups in total. The van der Waals surface area contributed by atoms with Crippen LogP contribution in [0.25, 0.3) is 11.1 Å². The first-order chi connectivity index (χ1) is 28.1. The van der Waals surface area contributed by atoms with Crippen LogP contribution in [0.15, 0.2) is 146 Å². The lowest BCUT2D eigenvalue weighted by molar-refractivity contribution is -0.141. The molecule has 0 spiro atoms. The number of carbonyl (C=O) groups is 2. The molecule has 0 bridgehead atoms. The van der Waals surface area contributed by atoms with Crippen LogP contribution in [-0.2, 0) is 29.9 Å². The molecule has 58 heavy (non-hydrogen) atoms. The Bertz CT molecular complexity index is 2230. The lowest BCUT2D eigenvalue weighted by atomic mass is 9.68. The van der Waals surface area contributed by atoms with Crippen molar-refractivity contribution >= 4 is 11.9 Å². The van der Waals surface area contributed by atoms with Gasteiger partial charge in [-0.2, -0.15) is 0 Å². The topological polar surface area (TPSA) is 89.5 Å². The zero-order chi connectivity index (χ0) is 41.1. The molecule has 298 valence electrons. The van der Waals surface area contributed by atoms with Crippen molar-refractivity contribution in [2.45, 2.75) is 38.5 Å². The predicted octanol–water partition coefficient (Wildman–Crippen LogP) is 9.96. The smallest absolute Gasteiger partial charge is 0.308 e. The quantitative estimate of drug-likeness (QED) is 0.0613. The van der Waals surface area contributed by atoms with Crippen molar-refractivity contribution in [2.75, 3.05) is 40.6 Å². The Kier molecular flexibility index (Phi) is 13.3. The van der Waals surface area contributed by atoms with Gasteiger partial charge in [0.15, 0.2) is 0 Å². The molecular weight excluding hydrogens is 729 g/mol. The number of fused-ring (bicyclic) bond motifs is 3. The summed E-state index contributed by atoms with van der Waals surface area (Å²) in [6, 6.07) is 49.5. The molecule has 0 saturated carbocycles. The van der Waals surface area contributed by atoms with Gasteiger partial charge in [0, 0.05) is 26.4 Å². The van der Waals surface area contributed by atoms with Crippen LogP contribution in [0.1, 0.15) is 61.1 Å². The first-order valence-electron chi connectivity index (χ1n) is 19.3. The van der Waals surface area contributed by atoms with Gasteiger partial charge in [0.1, 0.15) is 42.8 Å². The predicted molar refractivity (Wildman–Crippen MR) is 226 cm³/mol. The zero-order valence-corrected chi connectivity index (χ0v) is 34.0. The van der Waals surface area contributed by atoms with Crippen molar-refractivity contribution in [3.63, 3.8) is 0 Å². The lowest BCUT2D eigenvalue weighted by Gasteiger charge is -2.34. The van der Waals surface area contributed by atoms with Crippen LogP contribution in [0.3, 0.4) is 0 Å². The molecule has 6 aromatic rings. The highest BCUT2D eigenvalue weighted by molar-refractivity contribution is 5.86. The summed E-state index contributed by atoms with van der Waals surface area (Å²) in [5, 5.41) is 0. The number of rotatable bonds is 14. The van der Waals surface area contributed by atoms with E-state index in [2.05, 4.69) is 98.8 Å². The fourth-order valence-corrected chi connectivity index (χ4v) is 7.49. The molecule has 1 aliphatic carbocycles. The van der Waals surface area contributed by atoms with Crippen LogP contribution in [0, 0.1) is 0 Å². The van der Waals surface area contributed by atoms with E-state index >= 15 is 0 Å². The maximum absolute atomic E-state index is 11.0. The van der Waals surface area contributed by atoms with Gasteiger partial charge in [-0.15, -0.1) is 0 Å². The number of ether oxygens (including phenoxy) is 6. The first kappa shape index (κ1) is 41.3. The summed E-state index contributed by atoms with van der Waals surface area (Å²) < 4.78 is 32.0. The average molecular weight is 779 g/mol. The van der Waals surface area contributed by atoms with Crippen LogP contribution in [0.4, 0.5) is 0 Å². The maximum atomic E-state index is 11.0. The van der Waals surface area contributed by atoms with E-state index in [1.807, 2.05) is 60.7 Å². The number of hydrogen-bond donors (Lipinski definition) is 0. The Balaban J connectivity index is 0.000000229. The van der Waals surface area contributed by atoms with E-state index in [-0.39, 0.29) is 24.0 Å². The van der Waals surface area contributed by atoms with Crippen molar-refractivity contribution in [1.29, 1.82) is 0 Å². The van der Waals surface area contributed by atoms with Gasteiger partial charge in [0.25, 0.3) is 0 Å². The third-order valence-corrected chi connectivity index (χ3v) is 10.4. The number of methoxy groups -OCH3 is 2. The number of benzene rings is 6. The van der Waals surface area contributed by atoms with Crippen LogP contribution >= 0.6 is 0 Å². The molecular formula is C50H50O8. The second kappa shape index (κ2) is 18.7. The average Bonchev–Trinajstić information content (AvgIpc) is 3.54. The molecule has 8 heteroatoms. The molecule has 7 rings (SSSR count). The van der Waals surface area contributed by atoms with Gasteiger partial charge in [-0.1, -0.05) is 111 Å². The third kappa shape index (κ3) is 9.09. The molecule has 0 amide bonds. The molecule has 0 unspecified atom stereocenters. The van der Waals surface area contributed by atoms with Crippen molar-refractivity contribution < 1.29 is 38.0 Å². The van der Waals surface area contributed by atoms with Crippen LogP contribution in [-0.4, -0.2) is 52.6 Å². The standard InChI is InChI=1S/C32H30O5.C18H20O3/c1-23(33)35-21-22-37-27-17-13-25(14-18-27)32(24-11-15-26(16-12-24)36-20-19-34-2)30-9-5-3-7-28(30)29-8-4-6-10-31(29)32;1-13(19)21-17-11-7-15(8-12-17)18(2,3)14-5-9-16(20-4)10-6-14/h3-18H,19-22H2,1-2H3;5-12H,1-4H3. The number of carbonyl (C=O) groups excluding carboxylic acids is 2. The summed E-state index contributed by atoms with van der Waals surface area (Å²) in [5.74, 6) is 2.34. The van der Waals surface area contributed by atoms with E-state index in [4.69, 9.17) is 28.4 Å². The van der Waals surface area contributed by atoms with Crippen molar-refractivity contribution in [1.82, 2.24) is 0 Å². The van der Waals surface area contributed by atoms with Crippen molar-refractivity contribution in [3.8, 4) is 34.1 Å². The van der Waals surface area contributed by atoms with Crippen molar-refractivity contribution in [2.24, 2.45) is 0 Å². The molecule has 0 aliphatic heterocycles. The largest absolute Gasteiger partial charge is 0.497 e. The second-order valence-corrected chi connectivity index (χ2v) is 14.4. The number of hydrogen-bond acceptors (Lipinski definition) is 8. The minimum absolute atomic E-state index is 0.138. The molecule has 0 radical (unpaired) electrons. The molecule has 0 atom stereocenters. The summed E-state index contributed by atoms with van der Waals surface area (Å²) in [5.41, 5.74) is 8.99. The highest BCUT2D eigenvalue weighted by atomic mass is 16.6. The van der Waals surface area contributed by atoms with Gasteiger partial charge in [-0.25, -0.2) is 0 Å². The molecule has 0 heterocycles. The van der Waals surface area contributed by atoms with E-state index < -0.39 is 5.41 Å². The zero-order valence-electron chi connectivity index (χ0n) is 34.0. The Hall–Kier alpha value is -6.38. The van der Waals surface area contributed by atoms with Gasteiger partial charge in [-0.05, 0) is 93.0 Å². The number of esters is 2. The summed E-state index contributed by atoms with van der Waals surface area (Å²) in [4.78, 5) is 22.0. The molecule has 8 nitrogen and oxygen atoms in total. The maximum Gasteiger partial charge on any atom is 0.308 e. The van der Waals surface area contributed by atoms with Crippen LogP contribution in [0.2, 0.25) is 0 Å². The molecule has 1 aliphatic rings. The van der Waals surface area contributed by atoms with Gasteiger partial charge in [-0.3, -0.25) is 9.59 Å². The van der Waals surface area contributed by atoms with E-state index in [0.717, 1.165) is 33.9 Å². The van der Waals surface area contributed by atoms with Crippen LogP contribution in [0.5, 0.6) is 23.0 Å². The lowest BCUT2D eigenvalue weighted by Crippen LogP contribution is -2.28. The Morgan fingerprint density at radius 2 is 0.931 bits per heavy atom. The molecule has 0 aromatic heterocycles. The van der Waals surface area contributed by atoms with E-state index in [1.54, 1.807) is 14.2 Å². The monoisotopic (exact) mass is 778 g/mol. The Morgan fingerprint density at radius 3 is 1.36 bits per heavy atom. The van der Waals surface area contributed by atoms with Gasteiger partial charge in [0.2, 0.25) is 0 Å². The molecule has 6 aromatic carbocycles. The van der Waals surface area contributed by atoms with Crippen molar-refractivity contribution in [3.05, 3.63) is 179 Å². The molecule has 0 saturated heterocycles. The Labute approximate surface area is 341 Å². The Morgan fingerprint density at radius 1 is 0.500 bits per heavy atom. The fourth-order valence-electron chi connectivity index (χ4n) is 7.49. The van der Waals surface area contributed by atoms with Gasteiger partial charge < -0.3 is 28.4 Å². The highest BCUT2D eigenvalue weighted by Crippen LogP contribution is 2.56. The minimum atomic E-state index is -0.492.